The summed E-state index contributed by atoms with van der Waals surface area (Å²) in [5.41, 5.74) is 3.95. The molecule has 2 aromatic carbocycles. The number of rotatable bonds is 6. The van der Waals surface area contributed by atoms with Crippen LogP contribution in [0, 0.1) is 6.92 Å². The first kappa shape index (κ1) is 22.9. The predicted molar refractivity (Wildman–Crippen MR) is 131 cm³/mol. The number of benzene rings is 2. The molecule has 0 aliphatic carbocycles. The lowest BCUT2D eigenvalue weighted by Crippen LogP contribution is -2.36. The Morgan fingerprint density at radius 3 is 2.81 bits per heavy atom. The lowest BCUT2D eigenvalue weighted by molar-refractivity contribution is 0.00871. The van der Waals surface area contributed by atoms with Gasteiger partial charge in [-0.2, -0.15) is 0 Å². The first-order chi connectivity index (χ1) is 17.5. The summed E-state index contributed by atoms with van der Waals surface area (Å²) >= 11 is 1.55. The highest BCUT2D eigenvalue weighted by molar-refractivity contribution is 7.09. The van der Waals surface area contributed by atoms with Crippen LogP contribution in [-0.4, -0.2) is 50.5 Å². The van der Waals surface area contributed by atoms with Crippen molar-refractivity contribution in [3.63, 3.8) is 0 Å². The van der Waals surface area contributed by atoms with Crippen molar-refractivity contribution in [1.29, 1.82) is 0 Å². The summed E-state index contributed by atoms with van der Waals surface area (Å²) in [6.45, 7) is 3.09. The summed E-state index contributed by atoms with van der Waals surface area (Å²) in [7, 11) is 5.20. The zero-order chi connectivity index (χ0) is 25.0. The third-order valence-electron chi connectivity index (χ3n) is 6.89. The number of thiazole rings is 1. The first-order valence-corrected chi connectivity index (χ1v) is 12.5. The fourth-order valence-corrected chi connectivity index (χ4v) is 5.87. The Morgan fingerprint density at radius 2 is 2.06 bits per heavy atom. The summed E-state index contributed by atoms with van der Waals surface area (Å²) < 4.78 is 34.9. The van der Waals surface area contributed by atoms with E-state index >= 15 is 0 Å². The first-order valence-electron chi connectivity index (χ1n) is 11.7. The molecule has 0 fully saturated rings. The molecule has 3 aliphatic rings. The lowest BCUT2D eigenvalue weighted by Gasteiger charge is -2.38. The van der Waals surface area contributed by atoms with E-state index < -0.39 is 12.1 Å². The molecule has 188 valence electrons. The zero-order valence-electron chi connectivity index (χ0n) is 20.5. The highest BCUT2D eigenvalue weighted by Crippen LogP contribution is 2.55. The molecule has 0 bridgehead atoms. The van der Waals surface area contributed by atoms with E-state index in [0.717, 1.165) is 40.4 Å². The smallest absolute Gasteiger partial charge is 0.343 e. The summed E-state index contributed by atoms with van der Waals surface area (Å²) in [4.78, 5) is 20.0. The molecular weight excluding hydrogens is 484 g/mol. The normalized spacial score (nSPS) is 20.1. The number of hydrogen-bond acceptors (Lipinski definition) is 10. The lowest BCUT2D eigenvalue weighted by atomic mass is 9.85. The summed E-state index contributed by atoms with van der Waals surface area (Å²) in [5, 5.41) is 2.89. The van der Waals surface area contributed by atoms with Crippen LogP contribution in [0.5, 0.6) is 28.7 Å². The van der Waals surface area contributed by atoms with Gasteiger partial charge in [0.05, 0.1) is 31.0 Å². The molecule has 3 aromatic rings. The van der Waals surface area contributed by atoms with Crippen molar-refractivity contribution in [2.24, 2.45) is 0 Å². The summed E-state index contributed by atoms with van der Waals surface area (Å²) in [6.07, 6.45) is 0.243. The van der Waals surface area contributed by atoms with Crippen LogP contribution in [0.3, 0.4) is 0 Å². The zero-order valence-corrected chi connectivity index (χ0v) is 21.3. The van der Waals surface area contributed by atoms with E-state index in [2.05, 4.69) is 9.88 Å². The fourth-order valence-electron chi connectivity index (χ4n) is 5.27. The fraction of sp³-hybridized carbons (Fsp3) is 0.385. The second-order valence-corrected chi connectivity index (χ2v) is 9.99. The van der Waals surface area contributed by atoms with Gasteiger partial charge in [0.2, 0.25) is 12.5 Å². The third kappa shape index (κ3) is 3.55. The Morgan fingerprint density at radius 1 is 1.19 bits per heavy atom. The molecule has 0 saturated carbocycles. The number of methoxy groups -OCH3 is 2. The van der Waals surface area contributed by atoms with Crippen molar-refractivity contribution < 1.29 is 33.2 Å². The number of carbonyl (C=O) groups is 1. The Bertz CT molecular complexity index is 1350. The van der Waals surface area contributed by atoms with E-state index in [1.165, 1.54) is 0 Å². The van der Waals surface area contributed by atoms with E-state index in [-0.39, 0.29) is 19.4 Å². The monoisotopic (exact) mass is 510 g/mol. The molecule has 36 heavy (non-hydrogen) atoms. The van der Waals surface area contributed by atoms with Gasteiger partial charge in [0.15, 0.2) is 23.0 Å². The number of carbonyl (C=O) groups excluding carboxylic acids is 1. The Hall–Kier alpha value is -3.50. The van der Waals surface area contributed by atoms with Gasteiger partial charge >= 0.3 is 5.97 Å². The standard InChI is InChI=1S/C26H26N2O7S/c1-13-27-15(11-36-13)10-32-23-17(30-3)6-5-16-20(23)26(29)35-22(16)21-19-14(7-8-28(21)2)9-18-24(25(19)31-4)34-12-33-18/h5-6,9,11,21-22H,7-8,10,12H2,1-4H3/t21-,22?/m1/s1. The molecule has 1 unspecified atom stereocenters. The second kappa shape index (κ2) is 8.86. The SMILES string of the molecule is COc1ccc2c(c1OCc1csc(C)n1)C(=O)OC2[C@H]1c2c(cc3c(c2OC)OCO3)CCN1C. The van der Waals surface area contributed by atoms with Crippen LogP contribution in [0.2, 0.25) is 0 Å². The number of nitrogens with zero attached hydrogens (tertiary/aromatic N) is 2. The quantitative estimate of drug-likeness (QED) is 0.452. The highest BCUT2D eigenvalue weighted by Gasteiger charge is 2.46. The molecule has 9 nitrogen and oxygen atoms in total. The van der Waals surface area contributed by atoms with Gasteiger partial charge in [0, 0.05) is 23.1 Å². The topological polar surface area (TPSA) is 88.6 Å². The molecule has 0 spiro atoms. The molecular formula is C26H26N2O7S. The number of ether oxygens (including phenoxy) is 6. The average molecular weight is 511 g/mol. The maximum atomic E-state index is 13.3. The maximum absolute atomic E-state index is 13.3. The molecule has 0 amide bonds. The third-order valence-corrected chi connectivity index (χ3v) is 7.71. The van der Waals surface area contributed by atoms with Crippen LogP contribution in [0.15, 0.2) is 23.6 Å². The number of likely N-dealkylation sites (N-methyl/N-ethyl adjacent to an activating group) is 1. The van der Waals surface area contributed by atoms with Crippen LogP contribution in [0.4, 0.5) is 0 Å². The van der Waals surface area contributed by atoms with Gasteiger partial charge in [-0.15, -0.1) is 11.3 Å². The van der Waals surface area contributed by atoms with Gasteiger partial charge in [0.1, 0.15) is 18.3 Å². The Kier molecular flexibility index (Phi) is 5.65. The van der Waals surface area contributed by atoms with Crippen LogP contribution < -0.4 is 23.7 Å². The van der Waals surface area contributed by atoms with Gasteiger partial charge in [-0.1, -0.05) is 6.07 Å². The molecule has 10 heteroatoms. The summed E-state index contributed by atoms with van der Waals surface area (Å²) in [6, 6.07) is 5.42. The number of aromatic nitrogens is 1. The minimum atomic E-state index is -0.569. The van der Waals surface area contributed by atoms with Crippen molar-refractivity contribution in [3.8, 4) is 28.7 Å². The van der Waals surface area contributed by atoms with E-state index in [1.807, 2.05) is 37.6 Å². The molecule has 0 saturated heterocycles. The molecule has 1 aromatic heterocycles. The van der Waals surface area contributed by atoms with Gasteiger partial charge in [0.25, 0.3) is 0 Å². The number of esters is 1. The van der Waals surface area contributed by atoms with Crippen LogP contribution >= 0.6 is 11.3 Å². The summed E-state index contributed by atoms with van der Waals surface area (Å²) in [5.74, 6) is 2.26. The molecule has 3 aliphatic heterocycles. The number of aryl methyl sites for hydroxylation is 1. The van der Waals surface area contributed by atoms with Crippen molar-refractivity contribution in [2.45, 2.75) is 32.1 Å². The number of cyclic esters (lactones) is 1. The minimum absolute atomic E-state index is 0.148. The Labute approximate surface area is 212 Å². The van der Waals surface area contributed by atoms with Crippen molar-refractivity contribution in [1.82, 2.24) is 9.88 Å². The molecule has 2 atom stereocenters. The van der Waals surface area contributed by atoms with Crippen molar-refractivity contribution in [2.75, 3.05) is 34.6 Å². The van der Waals surface area contributed by atoms with Crippen LogP contribution in [-0.2, 0) is 17.8 Å². The van der Waals surface area contributed by atoms with Crippen molar-refractivity contribution >= 4 is 17.3 Å². The minimum Gasteiger partial charge on any atom is -0.493 e. The van der Waals surface area contributed by atoms with Crippen LogP contribution in [0.25, 0.3) is 0 Å². The van der Waals surface area contributed by atoms with Gasteiger partial charge in [-0.25, -0.2) is 9.78 Å². The average Bonchev–Trinajstić information content (AvgIpc) is 3.60. The number of fused-ring (bicyclic) bond motifs is 3. The molecule has 0 N–H and O–H groups in total. The van der Waals surface area contributed by atoms with Crippen LogP contribution in [0.1, 0.15) is 49.9 Å². The number of hydrogen-bond donors (Lipinski definition) is 0. The largest absolute Gasteiger partial charge is 0.493 e. The molecule has 0 radical (unpaired) electrons. The van der Waals surface area contributed by atoms with E-state index in [1.54, 1.807) is 25.6 Å². The highest BCUT2D eigenvalue weighted by atomic mass is 32.1. The van der Waals surface area contributed by atoms with E-state index in [4.69, 9.17) is 28.4 Å². The van der Waals surface area contributed by atoms with E-state index in [9.17, 15) is 4.79 Å². The second-order valence-electron chi connectivity index (χ2n) is 8.93. The van der Waals surface area contributed by atoms with Gasteiger partial charge in [-0.05, 0) is 38.1 Å². The van der Waals surface area contributed by atoms with Gasteiger partial charge < -0.3 is 28.4 Å². The van der Waals surface area contributed by atoms with Crippen molar-refractivity contribution in [3.05, 3.63) is 56.5 Å². The van der Waals surface area contributed by atoms with Gasteiger partial charge in [-0.3, -0.25) is 4.90 Å². The molecule has 6 rings (SSSR count). The predicted octanol–water partition coefficient (Wildman–Crippen LogP) is 4.22. The molecule has 4 heterocycles. The van der Waals surface area contributed by atoms with E-state index in [0.29, 0.717) is 34.3 Å². The Balaban J connectivity index is 1.43. The maximum Gasteiger partial charge on any atom is 0.343 e.